The molecule has 0 saturated heterocycles. The maximum absolute atomic E-state index is 12.0. The Morgan fingerprint density at radius 1 is 1.33 bits per heavy atom. The molecule has 0 atom stereocenters. The van der Waals surface area contributed by atoms with Crippen LogP contribution in [0.4, 0.5) is 0 Å². The molecule has 1 aromatic carbocycles. The number of nitrogens with zero attached hydrogens (tertiary/aromatic N) is 2. The number of rotatable bonds is 5. The lowest BCUT2D eigenvalue weighted by Gasteiger charge is -2.09. The summed E-state index contributed by atoms with van der Waals surface area (Å²) in [6, 6.07) is 6.83. The van der Waals surface area contributed by atoms with Crippen molar-refractivity contribution < 1.29 is 4.79 Å². The molecule has 0 saturated carbocycles. The van der Waals surface area contributed by atoms with E-state index in [9.17, 15) is 14.4 Å². The van der Waals surface area contributed by atoms with Gasteiger partial charge in [-0.1, -0.05) is 12.1 Å². The van der Waals surface area contributed by atoms with Crippen LogP contribution in [-0.2, 0) is 17.9 Å². The molecule has 0 unspecified atom stereocenters. The zero-order valence-electron chi connectivity index (χ0n) is 13.0. The Kier molecular flexibility index (Phi) is 4.57. The molecule has 2 aromatic heterocycles. The van der Waals surface area contributed by atoms with Gasteiger partial charge >= 0.3 is 5.69 Å². The summed E-state index contributed by atoms with van der Waals surface area (Å²) in [5.74, 6) is -0.176. The first-order valence-corrected chi connectivity index (χ1v) is 8.32. The van der Waals surface area contributed by atoms with E-state index >= 15 is 0 Å². The van der Waals surface area contributed by atoms with Crippen molar-refractivity contribution in [3.63, 3.8) is 0 Å². The van der Waals surface area contributed by atoms with Crippen LogP contribution in [0.5, 0.6) is 0 Å². The molecule has 0 aliphatic heterocycles. The zero-order valence-corrected chi connectivity index (χ0v) is 13.9. The SMILES string of the molecule is Cc1csc(CNC(=O)CCn2c(=O)[nH]c(=O)c3ccccc32)n1. The predicted octanol–water partition coefficient (Wildman–Crippen LogP) is 1.16. The van der Waals surface area contributed by atoms with Crippen molar-refractivity contribution in [2.24, 2.45) is 0 Å². The van der Waals surface area contributed by atoms with Crippen LogP contribution in [0.2, 0.25) is 0 Å². The summed E-state index contributed by atoms with van der Waals surface area (Å²) in [7, 11) is 0. The number of benzene rings is 1. The average Bonchev–Trinajstić information content (AvgIpc) is 2.98. The molecule has 3 rings (SSSR count). The molecule has 124 valence electrons. The Balaban J connectivity index is 1.70. The summed E-state index contributed by atoms with van der Waals surface area (Å²) in [6.07, 6.45) is 0.139. The van der Waals surface area contributed by atoms with Crippen molar-refractivity contribution in [2.45, 2.75) is 26.4 Å². The van der Waals surface area contributed by atoms with Gasteiger partial charge in [-0.05, 0) is 19.1 Å². The number of carbonyl (C=O) groups is 1. The second kappa shape index (κ2) is 6.79. The summed E-state index contributed by atoms with van der Waals surface area (Å²) in [5, 5.41) is 5.97. The minimum atomic E-state index is -0.512. The number of hydrogen-bond acceptors (Lipinski definition) is 5. The molecule has 0 aliphatic carbocycles. The Morgan fingerprint density at radius 3 is 2.88 bits per heavy atom. The van der Waals surface area contributed by atoms with Crippen LogP contribution in [-0.4, -0.2) is 20.4 Å². The molecule has 2 N–H and O–H groups in total. The maximum Gasteiger partial charge on any atom is 0.328 e. The highest BCUT2D eigenvalue weighted by atomic mass is 32.1. The van der Waals surface area contributed by atoms with E-state index < -0.39 is 11.2 Å². The summed E-state index contributed by atoms with van der Waals surface area (Å²) < 4.78 is 1.41. The van der Waals surface area contributed by atoms with E-state index in [1.165, 1.54) is 15.9 Å². The van der Waals surface area contributed by atoms with Gasteiger partial charge < -0.3 is 5.32 Å². The number of carbonyl (C=O) groups excluding carboxylic acids is 1. The highest BCUT2D eigenvalue weighted by molar-refractivity contribution is 7.09. The predicted molar refractivity (Wildman–Crippen MR) is 92.1 cm³/mol. The number of fused-ring (bicyclic) bond motifs is 1. The van der Waals surface area contributed by atoms with Crippen LogP contribution in [0.15, 0.2) is 39.2 Å². The van der Waals surface area contributed by atoms with Gasteiger partial charge in [-0.3, -0.25) is 19.1 Å². The van der Waals surface area contributed by atoms with E-state index in [4.69, 9.17) is 0 Å². The highest BCUT2D eigenvalue weighted by Gasteiger charge is 2.09. The number of aryl methyl sites for hydroxylation is 2. The molecule has 0 radical (unpaired) electrons. The summed E-state index contributed by atoms with van der Waals surface area (Å²) >= 11 is 1.49. The van der Waals surface area contributed by atoms with Gasteiger partial charge in [0.15, 0.2) is 0 Å². The molecule has 7 nitrogen and oxygen atoms in total. The lowest BCUT2D eigenvalue weighted by atomic mass is 10.2. The van der Waals surface area contributed by atoms with Crippen molar-refractivity contribution in [1.82, 2.24) is 19.9 Å². The summed E-state index contributed by atoms with van der Waals surface area (Å²) in [5.41, 5.74) is 0.516. The standard InChI is InChI=1S/C16H16N4O3S/c1-10-9-24-14(18-10)8-17-13(21)6-7-20-12-5-3-2-4-11(12)15(22)19-16(20)23/h2-5,9H,6-8H2,1H3,(H,17,21)(H,19,22,23). The Bertz CT molecular complexity index is 1000. The number of amides is 1. The Labute approximate surface area is 141 Å². The van der Waals surface area contributed by atoms with Gasteiger partial charge in [0.05, 0.1) is 17.4 Å². The molecule has 0 spiro atoms. The number of hydrogen-bond donors (Lipinski definition) is 2. The molecule has 0 aliphatic rings. The van der Waals surface area contributed by atoms with Gasteiger partial charge in [0, 0.05) is 24.0 Å². The molecule has 0 fully saturated rings. The fraction of sp³-hybridized carbons (Fsp3) is 0.250. The van der Waals surface area contributed by atoms with Crippen LogP contribution in [0.25, 0.3) is 10.9 Å². The summed E-state index contributed by atoms with van der Waals surface area (Å²) in [6.45, 7) is 2.47. The third kappa shape index (κ3) is 3.43. The fourth-order valence-corrected chi connectivity index (χ4v) is 3.14. The molecule has 3 aromatic rings. The van der Waals surface area contributed by atoms with E-state index in [1.54, 1.807) is 24.3 Å². The second-order valence-electron chi connectivity index (χ2n) is 5.34. The number of para-hydroxylation sites is 1. The van der Waals surface area contributed by atoms with Gasteiger partial charge in [0.2, 0.25) is 5.91 Å². The molecule has 24 heavy (non-hydrogen) atoms. The van der Waals surface area contributed by atoms with Gasteiger partial charge in [-0.15, -0.1) is 11.3 Å². The highest BCUT2D eigenvalue weighted by Crippen LogP contribution is 2.09. The number of aromatic amines is 1. The Morgan fingerprint density at radius 2 is 2.12 bits per heavy atom. The van der Waals surface area contributed by atoms with E-state index in [2.05, 4.69) is 15.3 Å². The van der Waals surface area contributed by atoms with Crippen molar-refractivity contribution in [3.8, 4) is 0 Å². The zero-order chi connectivity index (χ0) is 17.1. The summed E-state index contributed by atoms with van der Waals surface area (Å²) in [4.78, 5) is 42.4. The molecule has 0 bridgehead atoms. The Hall–Kier alpha value is -2.74. The first-order chi connectivity index (χ1) is 11.5. The third-order valence-electron chi connectivity index (χ3n) is 3.57. The number of H-pyrrole nitrogens is 1. The van der Waals surface area contributed by atoms with Crippen molar-refractivity contribution in [3.05, 3.63) is 61.2 Å². The topological polar surface area (TPSA) is 96.9 Å². The monoisotopic (exact) mass is 344 g/mol. The van der Waals surface area contributed by atoms with E-state index in [0.29, 0.717) is 17.4 Å². The minimum absolute atomic E-state index is 0.139. The van der Waals surface area contributed by atoms with Gasteiger partial charge in [-0.2, -0.15) is 0 Å². The first-order valence-electron chi connectivity index (χ1n) is 7.44. The largest absolute Gasteiger partial charge is 0.350 e. The van der Waals surface area contributed by atoms with Gasteiger partial charge in [0.1, 0.15) is 5.01 Å². The normalized spacial score (nSPS) is 10.9. The smallest absolute Gasteiger partial charge is 0.328 e. The van der Waals surface area contributed by atoms with Gasteiger partial charge in [0.25, 0.3) is 5.56 Å². The van der Waals surface area contributed by atoms with E-state index in [-0.39, 0.29) is 18.9 Å². The average molecular weight is 344 g/mol. The third-order valence-corrected chi connectivity index (χ3v) is 4.54. The van der Waals surface area contributed by atoms with Crippen molar-refractivity contribution >= 4 is 28.1 Å². The quantitative estimate of drug-likeness (QED) is 0.726. The second-order valence-corrected chi connectivity index (χ2v) is 6.28. The molecule has 8 heteroatoms. The van der Waals surface area contributed by atoms with Crippen molar-refractivity contribution in [2.75, 3.05) is 0 Å². The van der Waals surface area contributed by atoms with Gasteiger partial charge in [-0.25, -0.2) is 9.78 Å². The van der Waals surface area contributed by atoms with E-state index in [0.717, 1.165) is 10.7 Å². The fourth-order valence-electron chi connectivity index (χ4n) is 2.42. The number of nitrogens with one attached hydrogen (secondary N) is 2. The van der Waals surface area contributed by atoms with Crippen LogP contribution in [0.3, 0.4) is 0 Å². The lowest BCUT2D eigenvalue weighted by molar-refractivity contribution is -0.121. The molecular formula is C16H16N4O3S. The van der Waals surface area contributed by atoms with Crippen LogP contribution < -0.4 is 16.6 Å². The van der Waals surface area contributed by atoms with Crippen LogP contribution in [0.1, 0.15) is 17.1 Å². The molecular weight excluding hydrogens is 328 g/mol. The van der Waals surface area contributed by atoms with Crippen LogP contribution >= 0.6 is 11.3 Å². The first kappa shape index (κ1) is 16.1. The van der Waals surface area contributed by atoms with E-state index in [1.807, 2.05) is 12.3 Å². The van der Waals surface area contributed by atoms with Crippen LogP contribution in [0, 0.1) is 6.92 Å². The molecule has 1 amide bonds. The minimum Gasteiger partial charge on any atom is -0.350 e. The van der Waals surface area contributed by atoms with Crippen molar-refractivity contribution in [1.29, 1.82) is 0 Å². The maximum atomic E-state index is 12.0. The number of thiazole rings is 1. The number of aromatic nitrogens is 3. The lowest BCUT2D eigenvalue weighted by Crippen LogP contribution is -2.32. The molecule has 2 heterocycles.